The van der Waals surface area contributed by atoms with Crippen LogP contribution in [0, 0.1) is 0 Å². The molecule has 0 bridgehead atoms. The first kappa shape index (κ1) is 15.8. The van der Waals surface area contributed by atoms with Crippen LogP contribution < -0.4 is 5.56 Å². The van der Waals surface area contributed by atoms with Crippen molar-refractivity contribution in [1.82, 2.24) is 14.9 Å². The van der Waals surface area contributed by atoms with Gasteiger partial charge < -0.3 is 4.98 Å². The van der Waals surface area contributed by atoms with Crippen LogP contribution in [0.2, 0.25) is 5.02 Å². The molecular weight excluding hydrogens is 342 g/mol. The third-order valence-corrected chi connectivity index (χ3v) is 5.59. The number of nitrogens with one attached hydrogen (secondary N) is 1. The molecule has 3 aromatic rings. The molecule has 1 fully saturated rings. The maximum absolute atomic E-state index is 12.6. The van der Waals surface area contributed by atoms with Gasteiger partial charge in [0.1, 0.15) is 10.7 Å². The lowest BCUT2D eigenvalue weighted by atomic mass is 10.1. The van der Waals surface area contributed by atoms with Crippen molar-refractivity contribution in [2.24, 2.45) is 0 Å². The van der Waals surface area contributed by atoms with Crippen LogP contribution in [0.25, 0.3) is 21.3 Å². The van der Waals surface area contributed by atoms with Gasteiger partial charge in [0.05, 0.1) is 11.9 Å². The van der Waals surface area contributed by atoms with Gasteiger partial charge in [0.25, 0.3) is 5.56 Å². The van der Waals surface area contributed by atoms with Crippen molar-refractivity contribution < 1.29 is 0 Å². The number of fused-ring (bicyclic) bond motifs is 1. The molecule has 1 N–H and O–H groups in total. The minimum absolute atomic E-state index is 0.0572. The molecule has 0 unspecified atom stereocenters. The number of benzene rings is 1. The van der Waals surface area contributed by atoms with Crippen LogP contribution in [0.15, 0.2) is 34.4 Å². The zero-order valence-corrected chi connectivity index (χ0v) is 14.8. The third-order valence-electron chi connectivity index (χ3n) is 4.47. The molecule has 0 saturated carbocycles. The fourth-order valence-electron chi connectivity index (χ4n) is 3.24. The van der Waals surface area contributed by atoms with E-state index in [1.165, 1.54) is 30.6 Å². The standard InChI is InChI=1S/C18H18ClN3OS/c19-13-6-4-12(5-7-13)14-11-24-18-16(14)17(23)20-15(21-18)10-22-8-2-1-3-9-22/h4-7,11H,1-3,8-10H2,(H,20,21,23). The Labute approximate surface area is 149 Å². The molecule has 0 aliphatic carbocycles. The summed E-state index contributed by atoms with van der Waals surface area (Å²) in [5.74, 6) is 0.763. The van der Waals surface area contributed by atoms with Crippen molar-refractivity contribution in [1.29, 1.82) is 0 Å². The molecule has 1 aliphatic rings. The number of piperidine rings is 1. The van der Waals surface area contributed by atoms with Crippen molar-refractivity contribution in [3.63, 3.8) is 0 Å². The van der Waals surface area contributed by atoms with Crippen LogP contribution in [0.5, 0.6) is 0 Å². The molecule has 0 atom stereocenters. The highest BCUT2D eigenvalue weighted by Gasteiger charge is 2.16. The number of aromatic amines is 1. The minimum Gasteiger partial charge on any atom is -0.309 e. The predicted octanol–water partition coefficient (Wildman–Crippen LogP) is 4.29. The summed E-state index contributed by atoms with van der Waals surface area (Å²) in [6.45, 7) is 2.89. The smallest absolute Gasteiger partial charge is 0.260 e. The summed E-state index contributed by atoms with van der Waals surface area (Å²) < 4.78 is 0. The Morgan fingerprint density at radius 1 is 1.17 bits per heavy atom. The summed E-state index contributed by atoms with van der Waals surface area (Å²) in [4.78, 5) is 23.5. The highest BCUT2D eigenvalue weighted by Crippen LogP contribution is 2.31. The molecule has 1 saturated heterocycles. The summed E-state index contributed by atoms with van der Waals surface area (Å²) in [6, 6.07) is 7.55. The number of nitrogens with zero attached hydrogens (tertiary/aromatic N) is 2. The van der Waals surface area contributed by atoms with E-state index in [9.17, 15) is 4.79 Å². The maximum atomic E-state index is 12.6. The largest absolute Gasteiger partial charge is 0.309 e. The molecule has 2 aromatic heterocycles. The summed E-state index contributed by atoms with van der Waals surface area (Å²) in [6.07, 6.45) is 3.76. The molecule has 6 heteroatoms. The summed E-state index contributed by atoms with van der Waals surface area (Å²) in [5.41, 5.74) is 1.85. The Balaban J connectivity index is 1.70. The second-order valence-corrected chi connectivity index (χ2v) is 7.48. The molecule has 3 heterocycles. The highest BCUT2D eigenvalue weighted by molar-refractivity contribution is 7.17. The molecule has 0 amide bonds. The average molecular weight is 360 g/mol. The zero-order valence-electron chi connectivity index (χ0n) is 13.2. The monoisotopic (exact) mass is 359 g/mol. The van der Waals surface area contributed by atoms with Gasteiger partial charge in [-0.3, -0.25) is 9.69 Å². The van der Waals surface area contributed by atoms with E-state index in [0.717, 1.165) is 41.4 Å². The lowest BCUT2D eigenvalue weighted by molar-refractivity contribution is 0.216. The average Bonchev–Trinajstić information content (AvgIpc) is 3.01. The SMILES string of the molecule is O=c1[nH]c(CN2CCCCC2)nc2scc(-c3ccc(Cl)cc3)c12. The number of halogens is 1. The molecule has 1 aromatic carbocycles. The van der Waals surface area contributed by atoms with Gasteiger partial charge in [-0.25, -0.2) is 4.98 Å². The van der Waals surface area contributed by atoms with Crippen molar-refractivity contribution in [2.45, 2.75) is 25.8 Å². The summed E-state index contributed by atoms with van der Waals surface area (Å²) in [5, 5.41) is 3.36. The Morgan fingerprint density at radius 2 is 1.92 bits per heavy atom. The zero-order chi connectivity index (χ0) is 16.5. The lowest BCUT2D eigenvalue weighted by Crippen LogP contribution is -2.30. The van der Waals surface area contributed by atoms with E-state index < -0.39 is 0 Å². The molecule has 4 rings (SSSR count). The lowest BCUT2D eigenvalue weighted by Gasteiger charge is -2.25. The van der Waals surface area contributed by atoms with Gasteiger partial charge in [-0.2, -0.15) is 0 Å². The van der Waals surface area contributed by atoms with Crippen molar-refractivity contribution >= 4 is 33.2 Å². The summed E-state index contributed by atoms with van der Waals surface area (Å²) in [7, 11) is 0. The Kier molecular flexibility index (Phi) is 4.39. The van der Waals surface area contributed by atoms with E-state index in [1.807, 2.05) is 29.6 Å². The minimum atomic E-state index is -0.0572. The Bertz CT molecular complexity index is 910. The second-order valence-electron chi connectivity index (χ2n) is 6.19. The first-order valence-electron chi connectivity index (χ1n) is 8.19. The van der Waals surface area contributed by atoms with Crippen molar-refractivity contribution in [3.05, 3.63) is 50.8 Å². The van der Waals surface area contributed by atoms with E-state index in [2.05, 4.69) is 14.9 Å². The maximum Gasteiger partial charge on any atom is 0.260 e. The van der Waals surface area contributed by atoms with Crippen LogP contribution in [-0.2, 0) is 6.54 Å². The number of aromatic nitrogens is 2. The van der Waals surface area contributed by atoms with E-state index in [0.29, 0.717) is 10.4 Å². The topological polar surface area (TPSA) is 49.0 Å². The Hall–Kier alpha value is -1.69. The highest BCUT2D eigenvalue weighted by atomic mass is 35.5. The van der Waals surface area contributed by atoms with Gasteiger partial charge in [0.2, 0.25) is 0 Å². The van der Waals surface area contributed by atoms with Crippen molar-refractivity contribution in [3.8, 4) is 11.1 Å². The molecule has 4 nitrogen and oxygen atoms in total. The fourth-order valence-corrected chi connectivity index (χ4v) is 4.33. The molecule has 124 valence electrons. The van der Waals surface area contributed by atoms with Crippen LogP contribution >= 0.6 is 22.9 Å². The van der Waals surface area contributed by atoms with Gasteiger partial charge in [-0.15, -0.1) is 11.3 Å². The van der Waals surface area contributed by atoms with Gasteiger partial charge in [-0.1, -0.05) is 30.2 Å². The summed E-state index contributed by atoms with van der Waals surface area (Å²) >= 11 is 7.47. The number of likely N-dealkylation sites (tertiary alicyclic amines) is 1. The van der Waals surface area contributed by atoms with Gasteiger partial charge in [0, 0.05) is 16.0 Å². The fraction of sp³-hybridized carbons (Fsp3) is 0.333. The second kappa shape index (κ2) is 6.67. The van der Waals surface area contributed by atoms with Crippen LogP contribution in [-0.4, -0.2) is 28.0 Å². The number of thiophene rings is 1. The van der Waals surface area contributed by atoms with E-state index in [1.54, 1.807) is 0 Å². The Morgan fingerprint density at radius 3 is 2.67 bits per heavy atom. The van der Waals surface area contributed by atoms with Crippen LogP contribution in [0.4, 0.5) is 0 Å². The van der Waals surface area contributed by atoms with Crippen molar-refractivity contribution in [2.75, 3.05) is 13.1 Å². The van der Waals surface area contributed by atoms with E-state index in [-0.39, 0.29) is 5.56 Å². The number of hydrogen-bond donors (Lipinski definition) is 1. The van der Waals surface area contributed by atoms with Crippen LogP contribution in [0.3, 0.4) is 0 Å². The third kappa shape index (κ3) is 3.11. The van der Waals surface area contributed by atoms with E-state index in [4.69, 9.17) is 11.6 Å². The molecule has 24 heavy (non-hydrogen) atoms. The molecule has 0 spiro atoms. The quantitative estimate of drug-likeness (QED) is 0.758. The van der Waals surface area contributed by atoms with Gasteiger partial charge >= 0.3 is 0 Å². The van der Waals surface area contributed by atoms with Gasteiger partial charge in [-0.05, 0) is 43.6 Å². The van der Waals surface area contributed by atoms with Gasteiger partial charge in [0.15, 0.2) is 0 Å². The first-order valence-corrected chi connectivity index (χ1v) is 9.45. The predicted molar refractivity (Wildman–Crippen MR) is 99.8 cm³/mol. The molecule has 1 aliphatic heterocycles. The number of H-pyrrole nitrogens is 1. The number of rotatable bonds is 3. The van der Waals surface area contributed by atoms with E-state index >= 15 is 0 Å². The molecule has 0 radical (unpaired) electrons. The van der Waals surface area contributed by atoms with Crippen LogP contribution in [0.1, 0.15) is 25.1 Å². The first-order chi connectivity index (χ1) is 11.7. The molecular formula is C18H18ClN3OS. The normalized spacial score (nSPS) is 15.9. The number of hydrogen-bond acceptors (Lipinski definition) is 4.